The summed E-state index contributed by atoms with van der Waals surface area (Å²) < 4.78 is 7.39. The molecule has 0 spiro atoms. The molecule has 0 saturated carbocycles. The van der Waals surface area contributed by atoms with Crippen LogP contribution in [-0.4, -0.2) is 56.1 Å². The van der Waals surface area contributed by atoms with Crippen molar-refractivity contribution >= 4 is 29.4 Å². The van der Waals surface area contributed by atoms with Crippen LogP contribution in [0.15, 0.2) is 35.7 Å². The number of nitrogens with one attached hydrogen (secondary N) is 1. The lowest BCUT2D eigenvalue weighted by molar-refractivity contribution is -0.114. The third-order valence-corrected chi connectivity index (χ3v) is 5.85. The summed E-state index contributed by atoms with van der Waals surface area (Å²) in [6, 6.07) is 7.59. The Morgan fingerprint density at radius 2 is 2.00 bits per heavy atom. The summed E-state index contributed by atoms with van der Waals surface area (Å²) in [4.78, 5) is 25.3. The van der Waals surface area contributed by atoms with Crippen LogP contribution in [0.1, 0.15) is 40.5 Å². The number of thioether (sulfide) groups is 1. The van der Waals surface area contributed by atoms with E-state index < -0.39 is 5.60 Å². The van der Waals surface area contributed by atoms with Gasteiger partial charge in [-0.1, -0.05) is 17.8 Å². The topological polar surface area (TPSA) is 89.4 Å². The molecule has 1 aliphatic heterocycles. The van der Waals surface area contributed by atoms with Crippen molar-refractivity contribution in [3.8, 4) is 5.69 Å². The Labute approximate surface area is 181 Å². The fourth-order valence-electron chi connectivity index (χ4n) is 3.24. The molecule has 30 heavy (non-hydrogen) atoms. The Kier molecular flexibility index (Phi) is 7.02. The van der Waals surface area contributed by atoms with Gasteiger partial charge in [-0.25, -0.2) is 4.79 Å². The summed E-state index contributed by atoms with van der Waals surface area (Å²) in [7, 11) is 0. The molecule has 8 nitrogen and oxygen atoms in total. The molecule has 162 valence electrons. The van der Waals surface area contributed by atoms with Crippen LogP contribution in [0, 0.1) is 5.92 Å². The number of hydrogen-bond acceptors (Lipinski definition) is 6. The molecular formula is C21H29N5O3S. The molecule has 2 amide bonds. The number of piperidine rings is 1. The Morgan fingerprint density at radius 3 is 2.67 bits per heavy atom. The van der Waals surface area contributed by atoms with Gasteiger partial charge in [0, 0.05) is 31.5 Å². The molecule has 2 heterocycles. The van der Waals surface area contributed by atoms with Crippen LogP contribution in [0.25, 0.3) is 5.69 Å². The van der Waals surface area contributed by atoms with E-state index in [1.807, 2.05) is 49.6 Å². The summed E-state index contributed by atoms with van der Waals surface area (Å²) in [5.41, 5.74) is 1.16. The number of ether oxygens (including phenoxy) is 1. The zero-order valence-electron chi connectivity index (χ0n) is 17.9. The Bertz CT molecular complexity index is 885. The van der Waals surface area contributed by atoms with E-state index in [4.69, 9.17) is 4.74 Å². The van der Waals surface area contributed by atoms with Gasteiger partial charge < -0.3 is 15.0 Å². The fraction of sp³-hybridized carbons (Fsp3) is 0.524. The molecule has 2 aromatic rings. The maximum absolute atomic E-state index is 12.2. The number of amides is 2. The average Bonchev–Trinajstić information content (AvgIpc) is 3.14. The van der Waals surface area contributed by atoms with E-state index in [-0.39, 0.29) is 12.0 Å². The van der Waals surface area contributed by atoms with Crippen LogP contribution < -0.4 is 5.32 Å². The van der Waals surface area contributed by atoms with Crippen LogP contribution in [0.3, 0.4) is 0 Å². The first kappa shape index (κ1) is 22.1. The number of rotatable bonds is 5. The summed E-state index contributed by atoms with van der Waals surface area (Å²) in [6.45, 7) is 8.57. The smallest absolute Gasteiger partial charge is 0.410 e. The zero-order chi connectivity index (χ0) is 21.7. The second-order valence-electron chi connectivity index (χ2n) is 8.44. The molecule has 3 rings (SSSR count). The average molecular weight is 432 g/mol. The molecule has 1 aliphatic rings. The number of hydrogen-bond donors (Lipinski definition) is 1. The largest absolute Gasteiger partial charge is 0.444 e. The minimum atomic E-state index is -0.467. The van der Waals surface area contributed by atoms with Crippen molar-refractivity contribution in [3.63, 3.8) is 0 Å². The highest BCUT2D eigenvalue weighted by atomic mass is 32.2. The number of carbonyl (C=O) groups is 2. The molecule has 9 heteroatoms. The number of aromatic nitrogens is 3. The SMILES string of the molecule is CC(=O)Nc1cccc(-n2cnnc2SCC2CCN(C(=O)OC(C)(C)C)CC2)c1. The Morgan fingerprint density at radius 1 is 1.27 bits per heavy atom. The predicted octanol–water partition coefficient (Wildman–Crippen LogP) is 3.96. The molecule has 1 saturated heterocycles. The van der Waals surface area contributed by atoms with Gasteiger partial charge in [0.2, 0.25) is 5.91 Å². The third kappa shape index (κ3) is 6.22. The highest BCUT2D eigenvalue weighted by Crippen LogP contribution is 2.28. The van der Waals surface area contributed by atoms with E-state index in [1.54, 1.807) is 23.0 Å². The molecule has 1 aromatic heterocycles. The van der Waals surface area contributed by atoms with Crippen molar-refractivity contribution in [2.45, 2.75) is 51.3 Å². The second-order valence-corrected chi connectivity index (χ2v) is 9.42. The number of anilines is 1. The van der Waals surface area contributed by atoms with Crippen LogP contribution in [-0.2, 0) is 9.53 Å². The van der Waals surface area contributed by atoms with E-state index in [1.165, 1.54) is 6.92 Å². The van der Waals surface area contributed by atoms with E-state index in [2.05, 4.69) is 15.5 Å². The molecule has 0 aliphatic carbocycles. The van der Waals surface area contributed by atoms with E-state index >= 15 is 0 Å². The van der Waals surface area contributed by atoms with Gasteiger partial charge in [-0.3, -0.25) is 9.36 Å². The van der Waals surface area contributed by atoms with Crippen molar-refractivity contribution in [3.05, 3.63) is 30.6 Å². The molecule has 0 unspecified atom stereocenters. The van der Waals surface area contributed by atoms with Crippen LogP contribution in [0.5, 0.6) is 0 Å². The highest BCUT2D eigenvalue weighted by Gasteiger charge is 2.27. The van der Waals surface area contributed by atoms with Crippen LogP contribution >= 0.6 is 11.8 Å². The van der Waals surface area contributed by atoms with Gasteiger partial charge in [-0.2, -0.15) is 0 Å². The van der Waals surface area contributed by atoms with Crippen molar-refractivity contribution < 1.29 is 14.3 Å². The summed E-state index contributed by atoms with van der Waals surface area (Å²) in [6.07, 6.45) is 3.34. The van der Waals surface area contributed by atoms with Crippen molar-refractivity contribution in [1.29, 1.82) is 0 Å². The van der Waals surface area contributed by atoms with Gasteiger partial charge in [0.05, 0.1) is 5.69 Å². The molecule has 1 N–H and O–H groups in total. The van der Waals surface area contributed by atoms with Crippen molar-refractivity contribution in [2.75, 3.05) is 24.2 Å². The standard InChI is InChI=1S/C21H29N5O3S/c1-15(27)23-17-6-5-7-18(12-17)26-14-22-24-19(26)30-13-16-8-10-25(11-9-16)20(28)29-21(2,3)4/h5-7,12,14,16H,8-11,13H2,1-4H3,(H,23,27). The number of carbonyl (C=O) groups excluding carboxylic acids is 2. The lowest BCUT2D eigenvalue weighted by atomic mass is 9.99. The minimum absolute atomic E-state index is 0.108. The van der Waals surface area contributed by atoms with Crippen molar-refractivity contribution in [2.24, 2.45) is 5.92 Å². The van der Waals surface area contributed by atoms with Crippen LogP contribution in [0.2, 0.25) is 0 Å². The highest BCUT2D eigenvalue weighted by molar-refractivity contribution is 7.99. The predicted molar refractivity (Wildman–Crippen MR) is 117 cm³/mol. The molecule has 1 fully saturated rings. The van der Waals surface area contributed by atoms with Gasteiger partial charge in [0.1, 0.15) is 11.9 Å². The lowest BCUT2D eigenvalue weighted by Crippen LogP contribution is -2.42. The number of benzene rings is 1. The van der Waals surface area contributed by atoms with Gasteiger partial charge in [-0.15, -0.1) is 10.2 Å². The molecular weight excluding hydrogens is 402 g/mol. The quantitative estimate of drug-likeness (QED) is 0.721. The normalized spacial score (nSPS) is 15.1. The molecule has 0 atom stereocenters. The summed E-state index contributed by atoms with van der Waals surface area (Å²) in [5, 5.41) is 11.9. The molecule has 1 aromatic carbocycles. The van der Waals surface area contributed by atoms with E-state index in [0.29, 0.717) is 19.0 Å². The molecule has 0 radical (unpaired) electrons. The van der Waals surface area contributed by atoms with E-state index in [0.717, 1.165) is 35.1 Å². The second kappa shape index (κ2) is 9.51. The van der Waals surface area contributed by atoms with Crippen molar-refractivity contribution in [1.82, 2.24) is 19.7 Å². The lowest BCUT2D eigenvalue weighted by Gasteiger charge is -2.33. The zero-order valence-corrected chi connectivity index (χ0v) is 18.7. The third-order valence-electron chi connectivity index (χ3n) is 4.68. The Balaban J connectivity index is 1.54. The number of likely N-dealkylation sites (tertiary alicyclic amines) is 1. The monoisotopic (exact) mass is 431 g/mol. The molecule has 0 bridgehead atoms. The van der Waals surface area contributed by atoms with Gasteiger partial charge in [-0.05, 0) is 57.7 Å². The first-order chi connectivity index (χ1) is 14.2. The van der Waals surface area contributed by atoms with Crippen LogP contribution in [0.4, 0.5) is 10.5 Å². The fourth-order valence-corrected chi connectivity index (χ4v) is 4.35. The first-order valence-electron chi connectivity index (χ1n) is 10.1. The maximum Gasteiger partial charge on any atom is 0.410 e. The minimum Gasteiger partial charge on any atom is -0.444 e. The summed E-state index contributed by atoms with van der Waals surface area (Å²) in [5.74, 6) is 1.31. The first-order valence-corrected chi connectivity index (χ1v) is 11.1. The van der Waals surface area contributed by atoms with E-state index in [9.17, 15) is 9.59 Å². The van der Waals surface area contributed by atoms with Gasteiger partial charge in [0.25, 0.3) is 0 Å². The Hall–Kier alpha value is -2.55. The summed E-state index contributed by atoms with van der Waals surface area (Å²) >= 11 is 1.66. The maximum atomic E-state index is 12.2. The van der Waals surface area contributed by atoms with Gasteiger partial charge >= 0.3 is 6.09 Å². The van der Waals surface area contributed by atoms with Gasteiger partial charge in [0.15, 0.2) is 5.16 Å². The number of nitrogens with zero attached hydrogens (tertiary/aromatic N) is 4.